The molecule has 0 bridgehead atoms. The Morgan fingerprint density at radius 1 is 1.00 bits per heavy atom. The monoisotopic (exact) mass is 397 g/mol. The first kappa shape index (κ1) is 20.3. The Balaban J connectivity index is 3.00. The van der Waals surface area contributed by atoms with Crippen molar-refractivity contribution in [2.45, 2.75) is 39.5 Å². The van der Waals surface area contributed by atoms with Gasteiger partial charge in [-0.3, -0.25) is 0 Å². The van der Waals surface area contributed by atoms with Crippen LogP contribution in [0.4, 0.5) is 0 Å². The van der Waals surface area contributed by atoms with Crippen molar-refractivity contribution >= 4 is 35.1 Å². The zero-order valence-corrected chi connectivity index (χ0v) is 16.6. The largest absolute Gasteiger partial charge is 0.478 e. The molecular formula is C19H21Cl2NO4. The number of nitrogens with zero attached hydrogens (tertiary/aromatic N) is 1. The van der Waals surface area contributed by atoms with Crippen molar-refractivity contribution in [3.05, 3.63) is 56.3 Å². The van der Waals surface area contributed by atoms with Crippen molar-refractivity contribution in [1.82, 2.24) is 4.90 Å². The molecule has 2 N–H and O–H groups in total. The van der Waals surface area contributed by atoms with Gasteiger partial charge in [-0.2, -0.15) is 0 Å². The second-order valence-electron chi connectivity index (χ2n) is 6.16. The minimum absolute atomic E-state index is 0.0447. The summed E-state index contributed by atoms with van der Waals surface area (Å²) in [6.07, 6.45) is 0.250. The van der Waals surface area contributed by atoms with E-state index >= 15 is 0 Å². The Kier molecular flexibility index (Phi) is 5.73. The fourth-order valence-corrected chi connectivity index (χ4v) is 4.32. The van der Waals surface area contributed by atoms with Gasteiger partial charge in [-0.05, 0) is 44.9 Å². The SMILES string of the molecule is CCN1C(C)=C(C(=O)O)C(CC)(c2ccc(Cl)c(Cl)c2)C(C(=O)O)=C1C. The predicted molar refractivity (Wildman–Crippen MR) is 101 cm³/mol. The lowest BCUT2D eigenvalue weighted by Gasteiger charge is -2.44. The second kappa shape index (κ2) is 7.33. The van der Waals surface area contributed by atoms with Gasteiger partial charge < -0.3 is 15.1 Å². The molecule has 1 heterocycles. The van der Waals surface area contributed by atoms with Gasteiger partial charge in [-0.25, -0.2) is 9.59 Å². The summed E-state index contributed by atoms with van der Waals surface area (Å²) in [4.78, 5) is 26.2. The van der Waals surface area contributed by atoms with E-state index in [2.05, 4.69) is 0 Å². The van der Waals surface area contributed by atoms with Crippen LogP contribution in [0.3, 0.4) is 0 Å². The van der Waals surface area contributed by atoms with Crippen molar-refractivity contribution in [3.63, 3.8) is 0 Å². The maximum atomic E-state index is 12.2. The molecule has 7 heteroatoms. The molecule has 0 radical (unpaired) electrons. The number of carbonyl (C=O) groups is 2. The van der Waals surface area contributed by atoms with Gasteiger partial charge >= 0.3 is 11.9 Å². The molecule has 0 fully saturated rings. The summed E-state index contributed by atoms with van der Waals surface area (Å²) < 4.78 is 0. The highest BCUT2D eigenvalue weighted by Gasteiger charge is 2.50. The molecule has 0 aromatic heterocycles. The van der Waals surface area contributed by atoms with E-state index in [1.165, 1.54) is 0 Å². The summed E-state index contributed by atoms with van der Waals surface area (Å²) in [6, 6.07) is 4.76. The van der Waals surface area contributed by atoms with Crippen LogP contribution in [0.25, 0.3) is 0 Å². The van der Waals surface area contributed by atoms with E-state index in [0.29, 0.717) is 28.5 Å². The van der Waals surface area contributed by atoms with Gasteiger partial charge in [0.1, 0.15) is 0 Å². The third-order valence-corrected chi connectivity index (χ3v) is 5.81. The molecule has 0 amide bonds. The lowest BCUT2D eigenvalue weighted by atomic mass is 9.64. The van der Waals surface area contributed by atoms with Crippen LogP contribution in [-0.4, -0.2) is 33.6 Å². The third-order valence-electron chi connectivity index (χ3n) is 5.07. The molecule has 1 aromatic rings. The second-order valence-corrected chi connectivity index (χ2v) is 6.98. The van der Waals surface area contributed by atoms with E-state index in [9.17, 15) is 19.8 Å². The molecule has 1 aromatic carbocycles. The lowest BCUT2D eigenvalue weighted by molar-refractivity contribution is -0.134. The molecule has 26 heavy (non-hydrogen) atoms. The summed E-state index contributed by atoms with van der Waals surface area (Å²) in [5.74, 6) is -2.31. The van der Waals surface area contributed by atoms with Crippen LogP contribution in [0.15, 0.2) is 40.7 Å². The maximum Gasteiger partial charge on any atom is 0.334 e. The number of benzene rings is 1. The van der Waals surface area contributed by atoms with Crippen LogP contribution in [0.2, 0.25) is 10.0 Å². The molecule has 0 unspecified atom stereocenters. The zero-order valence-electron chi connectivity index (χ0n) is 15.1. The molecule has 0 saturated carbocycles. The first-order chi connectivity index (χ1) is 12.1. The highest BCUT2D eigenvalue weighted by molar-refractivity contribution is 6.42. The topological polar surface area (TPSA) is 77.8 Å². The van der Waals surface area contributed by atoms with Crippen LogP contribution in [0.5, 0.6) is 0 Å². The number of carboxylic acid groups (broad SMARTS) is 2. The van der Waals surface area contributed by atoms with Crippen LogP contribution >= 0.6 is 23.2 Å². The minimum atomic E-state index is -1.33. The van der Waals surface area contributed by atoms with E-state index < -0.39 is 17.4 Å². The fraction of sp³-hybridized carbons (Fsp3) is 0.368. The molecule has 5 nitrogen and oxygen atoms in total. The molecule has 0 aliphatic carbocycles. The molecule has 140 valence electrons. The molecule has 0 atom stereocenters. The zero-order chi connectivity index (χ0) is 19.8. The summed E-state index contributed by atoms with van der Waals surface area (Å²) in [5.41, 5.74) is 0.308. The Morgan fingerprint density at radius 2 is 1.50 bits per heavy atom. The molecule has 2 rings (SSSR count). The van der Waals surface area contributed by atoms with Crippen molar-refractivity contribution in [3.8, 4) is 0 Å². The normalized spacial score (nSPS) is 16.9. The number of hydrogen-bond donors (Lipinski definition) is 2. The molecule has 0 spiro atoms. The summed E-state index contributed by atoms with van der Waals surface area (Å²) in [5, 5.41) is 20.6. The van der Waals surface area contributed by atoms with Gasteiger partial charge in [-0.1, -0.05) is 36.2 Å². The Hall–Kier alpha value is -1.98. The van der Waals surface area contributed by atoms with E-state index in [1.807, 2.05) is 6.92 Å². The Bertz CT molecular complexity index is 804. The smallest absolute Gasteiger partial charge is 0.334 e. The average Bonchev–Trinajstić information content (AvgIpc) is 2.56. The van der Waals surface area contributed by atoms with Crippen LogP contribution in [0, 0.1) is 0 Å². The number of allylic oxidation sites excluding steroid dienone is 2. The van der Waals surface area contributed by atoms with Crippen molar-refractivity contribution in [1.29, 1.82) is 0 Å². The Labute approximate surface area is 162 Å². The Morgan fingerprint density at radius 3 is 1.85 bits per heavy atom. The molecular weight excluding hydrogens is 377 g/mol. The number of aliphatic carboxylic acids is 2. The number of hydrogen-bond acceptors (Lipinski definition) is 3. The average molecular weight is 398 g/mol. The molecule has 1 aliphatic heterocycles. The summed E-state index contributed by atoms with van der Waals surface area (Å²) >= 11 is 12.2. The number of rotatable bonds is 5. The van der Waals surface area contributed by atoms with Crippen LogP contribution in [-0.2, 0) is 15.0 Å². The van der Waals surface area contributed by atoms with Gasteiger partial charge in [0.05, 0.1) is 26.6 Å². The first-order valence-corrected chi connectivity index (χ1v) is 9.01. The van der Waals surface area contributed by atoms with E-state index in [-0.39, 0.29) is 22.6 Å². The third kappa shape index (κ3) is 2.89. The van der Waals surface area contributed by atoms with Gasteiger partial charge in [0.15, 0.2) is 0 Å². The maximum absolute atomic E-state index is 12.2. The van der Waals surface area contributed by atoms with Crippen LogP contribution in [0.1, 0.15) is 39.7 Å². The van der Waals surface area contributed by atoms with Crippen molar-refractivity contribution in [2.24, 2.45) is 0 Å². The number of halogens is 2. The summed E-state index contributed by atoms with van der Waals surface area (Å²) in [7, 11) is 0. The molecule has 1 aliphatic rings. The standard InChI is InChI=1S/C19H21Cl2NO4/c1-5-19(12-7-8-13(20)14(21)9-12)15(17(23)24)10(3)22(6-2)11(4)16(19)18(25)26/h7-9H,5-6H2,1-4H3,(H,23,24)(H,25,26). The fourth-order valence-electron chi connectivity index (χ4n) is 4.02. The quantitative estimate of drug-likeness (QED) is 0.752. The van der Waals surface area contributed by atoms with E-state index in [0.717, 1.165) is 0 Å². The van der Waals surface area contributed by atoms with Crippen LogP contribution < -0.4 is 0 Å². The van der Waals surface area contributed by atoms with Crippen molar-refractivity contribution in [2.75, 3.05) is 6.54 Å². The van der Waals surface area contributed by atoms with E-state index in [4.69, 9.17) is 23.2 Å². The van der Waals surface area contributed by atoms with E-state index in [1.54, 1.807) is 43.9 Å². The van der Waals surface area contributed by atoms with Gasteiger partial charge in [0, 0.05) is 17.9 Å². The highest BCUT2D eigenvalue weighted by atomic mass is 35.5. The van der Waals surface area contributed by atoms with Gasteiger partial charge in [0.25, 0.3) is 0 Å². The highest BCUT2D eigenvalue weighted by Crippen LogP contribution is 2.50. The van der Waals surface area contributed by atoms with Gasteiger partial charge in [0.2, 0.25) is 0 Å². The molecule has 0 saturated heterocycles. The lowest BCUT2D eigenvalue weighted by Crippen LogP contribution is -2.45. The van der Waals surface area contributed by atoms with Crippen molar-refractivity contribution < 1.29 is 19.8 Å². The number of carboxylic acids is 2. The minimum Gasteiger partial charge on any atom is -0.478 e. The first-order valence-electron chi connectivity index (χ1n) is 8.25. The van der Waals surface area contributed by atoms with Gasteiger partial charge in [-0.15, -0.1) is 0 Å². The summed E-state index contributed by atoms with van der Waals surface area (Å²) in [6.45, 7) is 7.50. The predicted octanol–water partition coefficient (Wildman–Crippen LogP) is 4.69.